The molecule has 0 fully saturated rings. The molecule has 15 heavy (non-hydrogen) atoms. The predicted molar refractivity (Wildman–Crippen MR) is 66.3 cm³/mol. The fourth-order valence-corrected chi connectivity index (χ4v) is 2.53. The molecule has 0 spiro atoms. The van der Waals surface area contributed by atoms with E-state index in [4.69, 9.17) is 5.73 Å². The van der Waals surface area contributed by atoms with Crippen molar-refractivity contribution in [2.75, 3.05) is 17.2 Å². The molecule has 0 aliphatic carbocycles. The first-order valence-electron chi connectivity index (χ1n) is 5.88. The summed E-state index contributed by atoms with van der Waals surface area (Å²) in [5, 5.41) is 0. The molecule has 1 aromatic rings. The number of benzene rings is 1. The predicted octanol–water partition coefficient (Wildman–Crippen LogP) is 2.82. The van der Waals surface area contributed by atoms with Crippen LogP contribution < -0.4 is 10.6 Å². The second-order valence-electron chi connectivity index (χ2n) is 4.44. The number of anilines is 2. The van der Waals surface area contributed by atoms with Crippen LogP contribution in [0, 0.1) is 0 Å². The van der Waals surface area contributed by atoms with E-state index < -0.39 is 0 Å². The highest BCUT2D eigenvalue weighted by Gasteiger charge is 2.24. The van der Waals surface area contributed by atoms with Crippen LogP contribution in [0.5, 0.6) is 0 Å². The zero-order valence-corrected chi connectivity index (χ0v) is 9.66. The van der Waals surface area contributed by atoms with Crippen LogP contribution in [0.15, 0.2) is 18.2 Å². The summed E-state index contributed by atoms with van der Waals surface area (Å²) >= 11 is 0. The van der Waals surface area contributed by atoms with Gasteiger partial charge >= 0.3 is 0 Å². The van der Waals surface area contributed by atoms with Gasteiger partial charge in [0.15, 0.2) is 0 Å². The second-order valence-corrected chi connectivity index (χ2v) is 4.44. The number of hydrogen-bond acceptors (Lipinski definition) is 2. The van der Waals surface area contributed by atoms with Crippen molar-refractivity contribution < 1.29 is 0 Å². The van der Waals surface area contributed by atoms with E-state index >= 15 is 0 Å². The fourth-order valence-electron chi connectivity index (χ4n) is 2.53. The van der Waals surface area contributed by atoms with Gasteiger partial charge in [0, 0.05) is 12.6 Å². The maximum Gasteiger partial charge on any atom is 0.0635 e. The van der Waals surface area contributed by atoms with Gasteiger partial charge in [-0.05, 0) is 31.4 Å². The van der Waals surface area contributed by atoms with Crippen molar-refractivity contribution in [3.05, 3.63) is 23.8 Å². The van der Waals surface area contributed by atoms with Gasteiger partial charge in [-0.25, -0.2) is 0 Å². The Labute approximate surface area is 92.1 Å². The molecule has 2 heteroatoms. The van der Waals surface area contributed by atoms with Crippen molar-refractivity contribution in [2.45, 2.75) is 39.2 Å². The van der Waals surface area contributed by atoms with Crippen molar-refractivity contribution in [3.63, 3.8) is 0 Å². The molecule has 2 rings (SSSR count). The standard InChI is InChI=1S/C13H20N2/c1-3-5-10(2)15-9-8-11-6-4-7-12(14)13(11)15/h4,6-7,10H,3,5,8-9,14H2,1-2H3. The summed E-state index contributed by atoms with van der Waals surface area (Å²) < 4.78 is 0. The van der Waals surface area contributed by atoms with Crippen molar-refractivity contribution in [2.24, 2.45) is 0 Å². The number of fused-ring (bicyclic) bond motifs is 1. The molecule has 1 heterocycles. The molecule has 1 atom stereocenters. The molecule has 0 saturated carbocycles. The first-order chi connectivity index (χ1) is 7.24. The molecular weight excluding hydrogens is 184 g/mol. The molecule has 0 amide bonds. The molecule has 1 aliphatic rings. The fraction of sp³-hybridized carbons (Fsp3) is 0.538. The number of nitrogens with zero attached hydrogens (tertiary/aromatic N) is 1. The monoisotopic (exact) mass is 204 g/mol. The van der Waals surface area contributed by atoms with Crippen LogP contribution in [0.4, 0.5) is 11.4 Å². The maximum absolute atomic E-state index is 6.05. The Morgan fingerprint density at radius 2 is 2.27 bits per heavy atom. The highest BCUT2D eigenvalue weighted by atomic mass is 15.2. The van der Waals surface area contributed by atoms with Crippen LogP contribution in [0.25, 0.3) is 0 Å². The Morgan fingerprint density at radius 3 is 3.00 bits per heavy atom. The van der Waals surface area contributed by atoms with Gasteiger partial charge in [0.1, 0.15) is 0 Å². The van der Waals surface area contributed by atoms with Crippen LogP contribution in [0.2, 0.25) is 0 Å². The van der Waals surface area contributed by atoms with Gasteiger partial charge in [0.25, 0.3) is 0 Å². The lowest BCUT2D eigenvalue weighted by atomic mass is 10.1. The largest absolute Gasteiger partial charge is 0.397 e. The molecule has 0 radical (unpaired) electrons. The van der Waals surface area contributed by atoms with Gasteiger partial charge in [-0.2, -0.15) is 0 Å². The van der Waals surface area contributed by atoms with Crippen LogP contribution in [-0.2, 0) is 6.42 Å². The molecule has 2 nitrogen and oxygen atoms in total. The van der Waals surface area contributed by atoms with E-state index in [0.717, 1.165) is 18.7 Å². The molecule has 0 aromatic heterocycles. The lowest BCUT2D eigenvalue weighted by molar-refractivity contribution is 0.596. The van der Waals surface area contributed by atoms with Crippen molar-refractivity contribution in [3.8, 4) is 0 Å². The average Bonchev–Trinajstić information content (AvgIpc) is 2.63. The third-order valence-corrected chi connectivity index (χ3v) is 3.30. The minimum Gasteiger partial charge on any atom is -0.397 e. The Morgan fingerprint density at radius 1 is 1.47 bits per heavy atom. The maximum atomic E-state index is 6.05. The van der Waals surface area contributed by atoms with Gasteiger partial charge in [0.05, 0.1) is 11.4 Å². The number of rotatable bonds is 3. The van der Waals surface area contributed by atoms with E-state index in [1.165, 1.54) is 24.1 Å². The number of para-hydroxylation sites is 1. The Hall–Kier alpha value is -1.18. The average molecular weight is 204 g/mol. The van der Waals surface area contributed by atoms with E-state index in [2.05, 4.69) is 30.9 Å². The third kappa shape index (κ3) is 1.81. The quantitative estimate of drug-likeness (QED) is 0.767. The van der Waals surface area contributed by atoms with E-state index in [1.807, 2.05) is 6.07 Å². The van der Waals surface area contributed by atoms with E-state index in [-0.39, 0.29) is 0 Å². The van der Waals surface area contributed by atoms with Gasteiger partial charge in [-0.1, -0.05) is 25.5 Å². The normalized spacial score (nSPS) is 16.5. The van der Waals surface area contributed by atoms with Gasteiger partial charge in [0.2, 0.25) is 0 Å². The number of nitrogen functional groups attached to an aromatic ring is 1. The Bertz CT molecular complexity index is 346. The summed E-state index contributed by atoms with van der Waals surface area (Å²) in [5.74, 6) is 0. The Kier molecular flexibility index (Phi) is 2.85. The highest BCUT2D eigenvalue weighted by molar-refractivity contribution is 5.74. The first kappa shape index (κ1) is 10.3. The lowest BCUT2D eigenvalue weighted by Gasteiger charge is -2.28. The van der Waals surface area contributed by atoms with Crippen molar-refractivity contribution >= 4 is 11.4 Å². The minimum atomic E-state index is 0.612. The van der Waals surface area contributed by atoms with Crippen molar-refractivity contribution in [1.82, 2.24) is 0 Å². The summed E-state index contributed by atoms with van der Waals surface area (Å²) in [4.78, 5) is 2.47. The first-order valence-corrected chi connectivity index (χ1v) is 5.88. The van der Waals surface area contributed by atoms with Gasteiger partial charge < -0.3 is 10.6 Å². The third-order valence-electron chi connectivity index (χ3n) is 3.30. The zero-order chi connectivity index (χ0) is 10.8. The SMILES string of the molecule is CCCC(C)N1CCc2cccc(N)c21. The second kappa shape index (κ2) is 4.13. The topological polar surface area (TPSA) is 29.3 Å². The van der Waals surface area contributed by atoms with E-state index in [0.29, 0.717) is 6.04 Å². The Balaban J connectivity index is 2.27. The summed E-state index contributed by atoms with van der Waals surface area (Å²) in [7, 11) is 0. The van der Waals surface area contributed by atoms with E-state index in [1.54, 1.807) is 0 Å². The molecular formula is C13H20N2. The summed E-state index contributed by atoms with van der Waals surface area (Å²) in [6.45, 7) is 5.66. The van der Waals surface area contributed by atoms with Crippen LogP contribution >= 0.6 is 0 Å². The molecule has 1 unspecified atom stereocenters. The number of nitrogens with two attached hydrogens (primary N) is 1. The summed E-state index contributed by atoms with van der Waals surface area (Å²) in [6.07, 6.45) is 3.63. The number of hydrogen-bond donors (Lipinski definition) is 1. The lowest BCUT2D eigenvalue weighted by Crippen LogP contribution is -2.31. The zero-order valence-electron chi connectivity index (χ0n) is 9.66. The molecule has 0 bridgehead atoms. The van der Waals surface area contributed by atoms with Crippen molar-refractivity contribution in [1.29, 1.82) is 0 Å². The summed E-state index contributed by atoms with van der Waals surface area (Å²) in [5.41, 5.74) is 9.70. The molecule has 2 N–H and O–H groups in total. The molecule has 0 saturated heterocycles. The van der Waals surface area contributed by atoms with Crippen LogP contribution in [-0.4, -0.2) is 12.6 Å². The molecule has 1 aromatic carbocycles. The van der Waals surface area contributed by atoms with Gasteiger partial charge in [-0.15, -0.1) is 0 Å². The highest BCUT2D eigenvalue weighted by Crippen LogP contribution is 2.35. The van der Waals surface area contributed by atoms with Crippen LogP contribution in [0.3, 0.4) is 0 Å². The molecule has 1 aliphatic heterocycles. The van der Waals surface area contributed by atoms with Crippen LogP contribution in [0.1, 0.15) is 32.3 Å². The smallest absolute Gasteiger partial charge is 0.0635 e. The summed E-state index contributed by atoms with van der Waals surface area (Å²) in [6, 6.07) is 6.88. The van der Waals surface area contributed by atoms with E-state index in [9.17, 15) is 0 Å². The van der Waals surface area contributed by atoms with Gasteiger partial charge in [-0.3, -0.25) is 0 Å². The minimum absolute atomic E-state index is 0.612. The molecule has 82 valence electrons.